The van der Waals surface area contributed by atoms with E-state index in [1.807, 2.05) is 57.1 Å². The highest BCUT2D eigenvalue weighted by Crippen LogP contribution is 2.15. The molecule has 0 aliphatic rings. The highest BCUT2D eigenvalue weighted by molar-refractivity contribution is 6.31. The third kappa shape index (κ3) is 3.45. The van der Waals surface area contributed by atoms with E-state index in [1.54, 1.807) is 0 Å². The lowest BCUT2D eigenvalue weighted by molar-refractivity contribution is -0.130. The van der Waals surface area contributed by atoms with Gasteiger partial charge in [-0.1, -0.05) is 29.8 Å². The van der Waals surface area contributed by atoms with Gasteiger partial charge in [-0.2, -0.15) is 0 Å². The Balaban J connectivity index is 2.64. The second-order valence-electron chi connectivity index (χ2n) is 4.73. The molecular weight excluding hydrogens is 236 g/mol. The van der Waals surface area contributed by atoms with Crippen LogP contribution in [0.25, 0.3) is 0 Å². The summed E-state index contributed by atoms with van der Waals surface area (Å²) in [4.78, 5) is 13.9. The van der Waals surface area contributed by atoms with Crippen molar-refractivity contribution in [2.45, 2.75) is 25.9 Å². The molecule has 4 heteroatoms. The van der Waals surface area contributed by atoms with Crippen molar-refractivity contribution in [3.05, 3.63) is 34.9 Å². The van der Waals surface area contributed by atoms with Gasteiger partial charge < -0.3 is 5.32 Å². The molecule has 0 atom stereocenters. The van der Waals surface area contributed by atoms with Crippen LogP contribution in [-0.4, -0.2) is 30.4 Å². The summed E-state index contributed by atoms with van der Waals surface area (Å²) in [5.74, 6) is -0.0116. The normalized spacial score (nSPS) is 11.6. The first-order chi connectivity index (χ1) is 7.85. The average Bonchev–Trinajstić information content (AvgIpc) is 2.27. The van der Waals surface area contributed by atoms with Crippen LogP contribution in [0.4, 0.5) is 0 Å². The van der Waals surface area contributed by atoms with E-state index in [0.717, 1.165) is 5.56 Å². The van der Waals surface area contributed by atoms with Gasteiger partial charge >= 0.3 is 0 Å². The van der Waals surface area contributed by atoms with Gasteiger partial charge in [0.2, 0.25) is 5.91 Å². The topological polar surface area (TPSA) is 32.3 Å². The predicted octanol–water partition coefficient (Wildman–Crippen LogP) is 2.30. The molecule has 0 spiro atoms. The fraction of sp³-hybridized carbons (Fsp3) is 0.462. The standard InChI is InChI=1S/C13H19ClN2O/c1-13(2,16(3)4)12(17)15-9-10-7-5-6-8-11(10)14/h5-8H,9H2,1-4H3,(H,15,17). The quantitative estimate of drug-likeness (QED) is 0.894. The van der Waals surface area contributed by atoms with E-state index >= 15 is 0 Å². The molecule has 1 aromatic rings. The van der Waals surface area contributed by atoms with Crippen LogP contribution < -0.4 is 5.32 Å². The second kappa shape index (κ2) is 5.52. The molecule has 0 unspecified atom stereocenters. The molecule has 0 aliphatic carbocycles. The number of rotatable bonds is 4. The number of nitrogens with one attached hydrogen (secondary N) is 1. The molecule has 0 saturated heterocycles. The number of nitrogens with zero attached hydrogens (tertiary/aromatic N) is 1. The molecular formula is C13H19ClN2O. The smallest absolute Gasteiger partial charge is 0.240 e. The van der Waals surface area contributed by atoms with Crippen LogP contribution in [0, 0.1) is 0 Å². The van der Waals surface area contributed by atoms with Gasteiger partial charge in [-0.05, 0) is 39.6 Å². The van der Waals surface area contributed by atoms with Crippen molar-refractivity contribution in [3.63, 3.8) is 0 Å². The molecule has 1 rings (SSSR count). The molecule has 1 N–H and O–H groups in total. The van der Waals surface area contributed by atoms with Crippen molar-refractivity contribution in [1.29, 1.82) is 0 Å². The fourth-order valence-corrected chi connectivity index (χ4v) is 1.44. The molecule has 94 valence electrons. The number of carbonyl (C=O) groups is 1. The predicted molar refractivity (Wildman–Crippen MR) is 71.1 cm³/mol. The van der Waals surface area contributed by atoms with Crippen LogP contribution in [-0.2, 0) is 11.3 Å². The molecule has 0 fully saturated rings. The Hall–Kier alpha value is -1.06. The number of hydrogen-bond donors (Lipinski definition) is 1. The number of carbonyl (C=O) groups excluding carboxylic acids is 1. The molecule has 0 radical (unpaired) electrons. The zero-order valence-corrected chi connectivity index (χ0v) is 11.5. The zero-order valence-electron chi connectivity index (χ0n) is 10.7. The van der Waals surface area contributed by atoms with Gasteiger partial charge in [-0.25, -0.2) is 0 Å². The highest BCUT2D eigenvalue weighted by Gasteiger charge is 2.29. The zero-order chi connectivity index (χ0) is 13.1. The minimum Gasteiger partial charge on any atom is -0.350 e. The highest BCUT2D eigenvalue weighted by atomic mass is 35.5. The monoisotopic (exact) mass is 254 g/mol. The summed E-state index contributed by atoms with van der Waals surface area (Å²) in [6, 6.07) is 7.51. The number of benzene rings is 1. The summed E-state index contributed by atoms with van der Waals surface area (Å²) in [6.07, 6.45) is 0. The third-order valence-corrected chi connectivity index (χ3v) is 3.44. The number of amides is 1. The Morgan fingerprint density at radius 1 is 1.35 bits per heavy atom. The fourth-order valence-electron chi connectivity index (χ4n) is 1.24. The van der Waals surface area contributed by atoms with Crippen molar-refractivity contribution >= 4 is 17.5 Å². The molecule has 1 amide bonds. The maximum Gasteiger partial charge on any atom is 0.240 e. The Morgan fingerprint density at radius 3 is 2.47 bits per heavy atom. The van der Waals surface area contributed by atoms with Gasteiger partial charge in [0.15, 0.2) is 0 Å². The number of halogens is 1. The third-order valence-electron chi connectivity index (χ3n) is 3.07. The average molecular weight is 255 g/mol. The first-order valence-corrected chi connectivity index (χ1v) is 5.92. The molecule has 0 saturated carbocycles. The lowest BCUT2D eigenvalue weighted by Crippen LogP contribution is -2.51. The molecule has 0 bridgehead atoms. The number of likely N-dealkylation sites (N-methyl/N-ethyl adjacent to an activating group) is 1. The Morgan fingerprint density at radius 2 is 1.94 bits per heavy atom. The molecule has 1 aromatic carbocycles. The molecule has 17 heavy (non-hydrogen) atoms. The van der Waals surface area contributed by atoms with Gasteiger partial charge in [0.05, 0.1) is 5.54 Å². The van der Waals surface area contributed by atoms with E-state index in [4.69, 9.17) is 11.6 Å². The van der Waals surface area contributed by atoms with Crippen molar-refractivity contribution in [2.24, 2.45) is 0 Å². The summed E-state index contributed by atoms with van der Waals surface area (Å²) < 4.78 is 0. The van der Waals surface area contributed by atoms with Crippen molar-refractivity contribution < 1.29 is 4.79 Å². The summed E-state index contributed by atoms with van der Waals surface area (Å²) in [6.45, 7) is 4.22. The van der Waals surface area contributed by atoms with Crippen LogP contribution in [0.1, 0.15) is 19.4 Å². The van der Waals surface area contributed by atoms with E-state index in [0.29, 0.717) is 11.6 Å². The number of hydrogen-bond acceptors (Lipinski definition) is 2. The van der Waals surface area contributed by atoms with Crippen LogP contribution >= 0.6 is 11.6 Å². The molecule has 0 aliphatic heterocycles. The Bertz CT molecular complexity index is 402. The summed E-state index contributed by atoms with van der Waals surface area (Å²) in [5, 5.41) is 3.57. The minimum atomic E-state index is -0.527. The Labute approximate surface area is 108 Å². The van der Waals surface area contributed by atoms with Crippen LogP contribution in [0.5, 0.6) is 0 Å². The van der Waals surface area contributed by atoms with E-state index in [9.17, 15) is 4.79 Å². The summed E-state index contributed by atoms with van der Waals surface area (Å²) >= 11 is 6.02. The first kappa shape index (κ1) is 14.0. The van der Waals surface area contributed by atoms with Gasteiger partial charge in [0, 0.05) is 11.6 Å². The van der Waals surface area contributed by atoms with Crippen molar-refractivity contribution in [1.82, 2.24) is 10.2 Å². The minimum absolute atomic E-state index is 0.0116. The SMILES string of the molecule is CN(C)C(C)(C)C(=O)NCc1ccccc1Cl. The lowest BCUT2D eigenvalue weighted by atomic mass is 10.0. The van der Waals surface area contributed by atoms with E-state index in [-0.39, 0.29) is 5.91 Å². The summed E-state index contributed by atoms with van der Waals surface area (Å²) in [5.41, 5.74) is 0.401. The van der Waals surface area contributed by atoms with Gasteiger partial charge in [0.1, 0.15) is 0 Å². The van der Waals surface area contributed by atoms with Crippen molar-refractivity contribution in [2.75, 3.05) is 14.1 Å². The molecule has 0 heterocycles. The van der Waals surface area contributed by atoms with E-state index < -0.39 is 5.54 Å². The Kier molecular flexibility index (Phi) is 4.54. The summed E-state index contributed by atoms with van der Waals surface area (Å²) in [7, 11) is 3.77. The van der Waals surface area contributed by atoms with E-state index in [1.165, 1.54) is 0 Å². The second-order valence-corrected chi connectivity index (χ2v) is 5.13. The largest absolute Gasteiger partial charge is 0.350 e. The maximum atomic E-state index is 12.0. The van der Waals surface area contributed by atoms with Gasteiger partial charge in [-0.3, -0.25) is 9.69 Å². The van der Waals surface area contributed by atoms with Crippen LogP contribution in [0.15, 0.2) is 24.3 Å². The van der Waals surface area contributed by atoms with E-state index in [2.05, 4.69) is 5.32 Å². The molecule has 3 nitrogen and oxygen atoms in total. The lowest BCUT2D eigenvalue weighted by Gasteiger charge is -2.30. The van der Waals surface area contributed by atoms with Gasteiger partial charge in [-0.15, -0.1) is 0 Å². The first-order valence-electron chi connectivity index (χ1n) is 5.55. The van der Waals surface area contributed by atoms with Crippen LogP contribution in [0.2, 0.25) is 5.02 Å². The van der Waals surface area contributed by atoms with Crippen LogP contribution in [0.3, 0.4) is 0 Å². The van der Waals surface area contributed by atoms with Gasteiger partial charge in [0.25, 0.3) is 0 Å². The molecule has 0 aromatic heterocycles. The van der Waals surface area contributed by atoms with Crippen molar-refractivity contribution in [3.8, 4) is 0 Å². The maximum absolute atomic E-state index is 12.0.